The Morgan fingerprint density at radius 3 is 2.00 bits per heavy atom. The zero-order valence-electron chi connectivity index (χ0n) is 14.1. The van der Waals surface area contributed by atoms with E-state index in [1.54, 1.807) is 19.1 Å². The molecule has 0 saturated carbocycles. The summed E-state index contributed by atoms with van der Waals surface area (Å²) in [7, 11) is 1.17. The molecule has 0 aliphatic carbocycles. The van der Waals surface area contributed by atoms with Crippen LogP contribution in [0, 0.1) is 13.8 Å². The number of ketones is 1. The molecule has 0 spiro atoms. The quantitative estimate of drug-likeness (QED) is 0.355. The zero-order valence-corrected chi connectivity index (χ0v) is 15.3. The van der Waals surface area contributed by atoms with Crippen molar-refractivity contribution in [1.82, 2.24) is 0 Å². The number of rotatable bonds is 5. The SMILES string of the molecule is CCOC(=O)C(C(=O)c1c(C)cccc1C)c1ccccc1.O=[PH2+]. The van der Waals surface area contributed by atoms with E-state index in [1.807, 2.05) is 50.2 Å². The molecule has 5 heteroatoms. The maximum atomic E-state index is 13.0. The van der Waals surface area contributed by atoms with E-state index in [9.17, 15) is 9.59 Å². The van der Waals surface area contributed by atoms with E-state index >= 15 is 0 Å². The molecule has 24 heavy (non-hydrogen) atoms. The highest BCUT2D eigenvalue weighted by molar-refractivity contribution is 7.00. The zero-order chi connectivity index (χ0) is 18.1. The van der Waals surface area contributed by atoms with Crippen molar-refractivity contribution in [3.05, 3.63) is 70.8 Å². The van der Waals surface area contributed by atoms with E-state index in [-0.39, 0.29) is 12.4 Å². The Hall–Kier alpha value is -2.32. The monoisotopic (exact) mass is 345 g/mol. The average molecular weight is 345 g/mol. The number of benzene rings is 2. The first-order valence-electron chi connectivity index (χ1n) is 7.61. The molecule has 2 aromatic carbocycles. The molecular formula is C19H22O4P+. The molecule has 2 atom stereocenters. The summed E-state index contributed by atoms with van der Waals surface area (Å²) in [5, 5.41) is 0. The molecule has 0 aliphatic rings. The number of Topliss-reactive ketones (excluding diaryl/α,β-unsaturated/α-hetero) is 1. The lowest BCUT2D eigenvalue weighted by atomic mass is 9.87. The van der Waals surface area contributed by atoms with Crippen molar-refractivity contribution >= 4 is 20.9 Å². The van der Waals surface area contributed by atoms with Gasteiger partial charge in [0.05, 0.1) is 6.61 Å². The second kappa shape index (κ2) is 9.74. The molecule has 0 aromatic heterocycles. The smallest absolute Gasteiger partial charge is 0.321 e. The normalized spacial score (nSPS) is 11.0. The third-order valence-electron chi connectivity index (χ3n) is 3.64. The molecule has 0 radical (unpaired) electrons. The van der Waals surface area contributed by atoms with Crippen LogP contribution in [0.25, 0.3) is 0 Å². The Morgan fingerprint density at radius 1 is 0.958 bits per heavy atom. The Balaban J connectivity index is 0.00000139. The minimum atomic E-state index is -0.916. The molecule has 2 unspecified atom stereocenters. The molecule has 0 bridgehead atoms. The van der Waals surface area contributed by atoms with Gasteiger partial charge in [0.2, 0.25) is 0 Å². The number of hydrogen-bond donors (Lipinski definition) is 0. The molecule has 4 nitrogen and oxygen atoms in total. The summed E-state index contributed by atoms with van der Waals surface area (Å²) in [5.41, 5.74) is 3.00. The molecule has 0 saturated heterocycles. The van der Waals surface area contributed by atoms with E-state index in [1.165, 1.54) is 9.12 Å². The van der Waals surface area contributed by atoms with Crippen LogP contribution in [0.4, 0.5) is 0 Å². The van der Waals surface area contributed by atoms with Crippen molar-refractivity contribution in [2.45, 2.75) is 26.7 Å². The lowest BCUT2D eigenvalue weighted by Crippen LogP contribution is -2.25. The number of carbonyl (C=O) groups is 2. The van der Waals surface area contributed by atoms with E-state index in [2.05, 4.69) is 0 Å². The standard InChI is InChI=1S/C19H20O3.H2OP/c1-4-22-19(21)17(15-11-6-5-7-12-15)18(20)16-13(2)9-8-10-14(16)3;1-2/h5-12,17H,4H2,1-3H3;2H2/q;+1. The predicted molar refractivity (Wildman–Crippen MR) is 96.5 cm³/mol. The first-order valence-corrected chi connectivity index (χ1v) is 8.09. The number of carbonyl (C=O) groups excluding carboxylic acids is 2. The summed E-state index contributed by atoms with van der Waals surface area (Å²) in [4.78, 5) is 25.3. The van der Waals surface area contributed by atoms with Gasteiger partial charge in [0.15, 0.2) is 5.78 Å². The van der Waals surface area contributed by atoms with Crippen LogP contribution in [0.2, 0.25) is 0 Å². The summed E-state index contributed by atoms with van der Waals surface area (Å²) in [6.07, 6.45) is 0. The third-order valence-corrected chi connectivity index (χ3v) is 3.64. The second-order valence-electron chi connectivity index (χ2n) is 5.23. The summed E-state index contributed by atoms with van der Waals surface area (Å²) in [6, 6.07) is 14.7. The van der Waals surface area contributed by atoms with Gasteiger partial charge >= 0.3 is 15.1 Å². The van der Waals surface area contributed by atoms with Crippen molar-refractivity contribution < 1.29 is 18.9 Å². The maximum absolute atomic E-state index is 13.0. The highest BCUT2D eigenvalue weighted by atomic mass is 31.0. The van der Waals surface area contributed by atoms with Gasteiger partial charge in [-0.25, -0.2) is 0 Å². The van der Waals surface area contributed by atoms with Crippen molar-refractivity contribution in [2.75, 3.05) is 6.61 Å². The highest BCUT2D eigenvalue weighted by Crippen LogP contribution is 2.26. The molecule has 126 valence electrons. The van der Waals surface area contributed by atoms with Gasteiger partial charge in [-0.1, -0.05) is 53.1 Å². The van der Waals surface area contributed by atoms with Crippen LogP contribution < -0.4 is 0 Å². The molecule has 0 aliphatic heterocycles. The van der Waals surface area contributed by atoms with E-state index < -0.39 is 11.9 Å². The van der Waals surface area contributed by atoms with Crippen LogP contribution >= 0.6 is 9.12 Å². The number of esters is 1. The van der Waals surface area contributed by atoms with Crippen molar-refractivity contribution in [2.24, 2.45) is 0 Å². The molecule has 2 rings (SSSR count). The summed E-state index contributed by atoms with van der Waals surface area (Å²) in [6.45, 7) is 5.76. The van der Waals surface area contributed by atoms with Crippen molar-refractivity contribution in [3.8, 4) is 0 Å². The van der Waals surface area contributed by atoms with Crippen LogP contribution in [-0.2, 0) is 14.1 Å². The lowest BCUT2D eigenvalue weighted by molar-refractivity contribution is -0.143. The molecule has 0 N–H and O–H groups in total. The third kappa shape index (κ3) is 4.59. The van der Waals surface area contributed by atoms with E-state index in [0.29, 0.717) is 11.1 Å². The van der Waals surface area contributed by atoms with Crippen LogP contribution in [0.1, 0.15) is 39.9 Å². The molecule has 0 heterocycles. The Labute approximate surface area is 144 Å². The minimum Gasteiger partial charge on any atom is -0.465 e. The van der Waals surface area contributed by atoms with Crippen LogP contribution in [0.3, 0.4) is 0 Å². The summed E-state index contributed by atoms with van der Waals surface area (Å²) in [5.74, 6) is -1.62. The van der Waals surface area contributed by atoms with Crippen LogP contribution in [0.5, 0.6) is 0 Å². The molecular weight excluding hydrogens is 323 g/mol. The Kier molecular flexibility index (Phi) is 8.00. The number of ether oxygens (including phenoxy) is 1. The van der Waals surface area contributed by atoms with E-state index in [4.69, 9.17) is 9.30 Å². The van der Waals surface area contributed by atoms with Gasteiger partial charge in [0, 0.05) is 5.56 Å². The fourth-order valence-corrected chi connectivity index (χ4v) is 2.61. The topological polar surface area (TPSA) is 60.4 Å². The number of hydrogen-bond acceptors (Lipinski definition) is 4. The van der Waals surface area contributed by atoms with Crippen LogP contribution in [0.15, 0.2) is 48.5 Å². The van der Waals surface area contributed by atoms with Gasteiger partial charge in [-0.3, -0.25) is 9.59 Å². The van der Waals surface area contributed by atoms with Gasteiger partial charge < -0.3 is 4.74 Å². The Bertz CT molecular complexity index is 678. The van der Waals surface area contributed by atoms with Gasteiger partial charge in [0.25, 0.3) is 0 Å². The highest BCUT2D eigenvalue weighted by Gasteiger charge is 2.32. The summed E-state index contributed by atoms with van der Waals surface area (Å²) < 4.78 is 13.3. The van der Waals surface area contributed by atoms with Gasteiger partial charge in [-0.05, 0) is 37.5 Å². The second-order valence-corrected chi connectivity index (χ2v) is 5.23. The average Bonchev–Trinajstić information content (AvgIpc) is 2.58. The van der Waals surface area contributed by atoms with Gasteiger partial charge in [0.1, 0.15) is 5.92 Å². The van der Waals surface area contributed by atoms with Crippen molar-refractivity contribution in [3.63, 3.8) is 0 Å². The first-order chi connectivity index (χ1) is 11.6. The fraction of sp³-hybridized carbons (Fsp3) is 0.263. The van der Waals surface area contributed by atoms with Crippen molar-refractivity contribution in [1.29, 1.82) is 0 Å². The Morgan fingerprint density at radius 2 is 1.50 bits per heavy atom. The minimum absolute atomic E-state index is 0.208. The number of aryl methyl sites for hydroxylation is 2. The molecule has 0 fully saturated rings. The van der Waals surface area contributed by atoms with E-state index in [0.717, 1.165) is 11.1 Å². The van der Waals surface area contributed by atoms with Crippen LogP contribution in [-0.4, -0.2) is 18.4 Å². The first kappa shape index (κ1) is 19.7. The summed E-state index contributed by atoms with van der Waals surface area (Å²) >= 11 is 0. The lowest BCUT2D eigenvalue weighted by Gasteiger charge is -2.17. The largest absolute Gasteiger partial charge is 0.465 e. The van der Waals surface area contributed by atoms with Gasteiger partial charge in [-0.2, -0.15) is 0 Å². The fourth-order valence-electron chi connectivity index (χ4n) is 2.61. The molecule has 0 amide bonds. The predicted octanol–water partition coefficient (Wildman–Crippen LogP) is 4.04. The van der Waals surface area contributed by atoms with Gasteiger partial charge in [-0.15, -0.1) is 0 Å². The molecule has 2 aromatic rings. The maximum Gasteiger partial charge on any atom is 0.321 e.